The molecule has 0 aliphatic heterocycles. The fourth-order valence-electron chi connectivity index (χ4n) is 1.46. The summed E-state index contributed by atoms with van der Waals surface area (Å²) in [6.07, 6.45) is 1.13. The third-order valence-electron chi connectivity index (χ3n) is 2.40. The van der Waals surface area contributed by atoms with Gasteiger partial charge in [0, 0.05) is 31.4 Å². The summed E-state index contributed by atoms with van der Waals surface area (Å²) in [4.78, 5) is 13.2. The molecule has 0 bridgehead atoms. The van der Waals surface area contributed by atoms with Gasteiger partial charge in [0.15, 0.2) is 0 Å². The van der Waals surface area contributed by atoms with Gasteiger partial charge in [-0.05, 0) is 17.7 Å². The van der Waals surface area contributed by atoms with E-state index in [1.165, 1.54) is 4.90 Å². The lowest BCUT2D eigenvalue weighted by molar-refractivity contribution is 0.207. The fourth-order valence-corrected chi connectivity index (χ4v) is 2.15. The van der Waals surface area contributed by atoms with Crippen LogP contribution >= 0.6 is 11.6 Å². The zero-order valence-electron chi connectivity index (χ0n) is 10.9. The molecule has 0 aromatic heterocycles. The Morgan fingerprint density at radius 2 is 2.11 bits per heavy atom. The van der Waals surface area contributed by atoms with Gasteiger partial charge in [-0.25, -0.2) is 13.2 Å². The Bertz CT molecular complexity index is 546. The number of urea groups is 1. The van der Waals surface area contributed by atoms with Crippen molar-refractivity contribution >= 4 is 27.5 Å². The maximum absolute atomic E-state index is 11.7. The Labute approximate surface area is 118 Å². The maximum atomic E-state index is 11.7. The second-order valence-electron chi connectivity index (χ2n) is 4.35. The number of halogens is 1. The maximum Gasteiger partial charge on any atom is 0.317 e. The first-order valence-corrected chi connectivity index (χ1v) is 8.13. The highest BCUT2D eigenvalue weighted by atomic mass is 35.5. The molecule has 0 aliphatic carbocycles. The molecule has 1 rings (SSSR count). The Hall–Kier alpha value is -1.27. The Kier molecular flexibility index (Phi) is 5.62. The van der Waals surface area contributed by atoms with Gasteiger partial charge in [-0.15, -0.1) is 0 Å². The Balaban J connectivity index is 2.45. The molecule has 0 spiro atoms. The summed E-state index contributed by atoms with van der Waals surface area (Å²) in [5, 5.41) is 3.16. The summed E-state index contributed by atoms with van der Waals surface area (Å²) >= 11 is 5.86. The lowest BCUT2D eigenvalue weighted by Gasteiger charge is -2.18. The summed E-state index contributed by atoms with van der Waals surface area (Å²) in [5.41, 5.74) is 0.910. The average Bonchev–Trinajstić information content (AvgIpc) is 2.27. The normalized spacial score (nSPS) is 11.1. The molecule has 0 unspecified atom stereocenters. The lowest BCUT2D eigenvalue weighted by atomic mass is 10.2. The first-order chi connectivity index (χ1) is 8.78. The highest BCUT2D eigenvalue weighted by Gasteiger charge is 2.10. The second-order valence-corrected chi connectivity index (χ2v) is 7.04. The molecule has 0 radical (unpaired) electrons. The number of nitrogens with zero attached hydrogens (tertiary/aromatic N) is 1. The highest BCUT2D eigenvalue weighted by Crippen LogP contribution is 2.11. The topological polar surface area (TPSA) is 66.5 Å². The van der Waals surface area contributed by atoms with E-state index in [1.54, 1.807) is 19.2 Å². The van der Waals surface area contributed by atoms with Crippen molar-refractivity contribution in [3.05, 3.63) is 34.9 Å². The minimum atomic E-state index is -3.06. The van der Waals surface area contributed by atoms with Crippen LogP contribution in [-0.4, -0.2) is 44.9 Å². The number of carbonyl (C=O) groups is 1. The van der Waals surface area contributed by atoms with Crippen LogP contribution in [0.2, 0.25) is 5.02 Å². The summed E-state index contributed by atoms with van der Waals surface area (Å²) < 4.78 is 21.9. The van der Waals surface area contributed by atoms with Crippen molar-refractivity contribution in [1.82, 2.24) is 10.2 Å². The molecule has 2 amide bonds. The van der Waals surface area contributed by atoms with Crippen LogP contribution in [0.4, 0.5) is 4.79 Å². The third kappa shape index (κ3) is 6.45. The summed E-state index contributed by atoms with van der Waals surface area (Å²) in [6.45, 7) is 0.517. The molecule has 106 valence electrons. The molecule has 1 aromatic carbocycles. The molecule has 0 aliphatic rings. The van der Waals surface area contributed by atoms with Crippen LogP contribution in [0, 0.1) is 0 Å². The van der Waals surface area contributed by atoms with E-state index in [0.717, 1.165) is 11.8 Å². The van der Waals surface area contributed by atoms with E-state index in [4.69, 9.17) is 11.6 Å². The molecule has 0 saturated heterocycles. The molecule has 19 heavy (non-hydrogen) atoms. The number of nitrogens with one attached hydrogen (secondary N) is 1. The number of hydrogen-bond donors (Lipinski definition) is 1. The molecule has 1 aromatic rings. The van der Waals surface area contributed by atoms with Gasteiger partial charge in [0.2, 0.25) is 0 Å². The van der Waals surface area contributed by atoms with Crippen molar-refractivity contribution in [3.8, 4) is 0 Å². The van der Waals surface area contributed by atoms with Gasteiger partial charge in [0.05, 0.1) is 5.75 Å². The third-order valence-corrected chi connectivity index (χ3v) is 3.59. The average molecular weight is 305 g/mol. The van der Waals surface area contributed by atoms with Crippen LogP contribution in [0.1, 0.15) is 5.56 Å². The van der Waals surface area contributed by atoms with Gasteiger partial charge < -0.3 is 10.2 Å². The van der Waals surface area contributed by atoms with Crippen molar-refractivity contribution < 1.29 is 13.2 Å². The standard InChI is InChI=1S/C12H17ClN2O3S/c1-15(9-10-4-3-5-11(13)8-10)12(16)14-6-7-19(2,17)18/h3-5,8H,6-7,9H2,1-2H3,(H,14,16). The predicted octanol–water partition coefficient (Wildman–Crippen LogP) is 1.53. The van der Waals surface area contributed by atoms with Gasteiger partial charge in [-0.2, -0.15) is 0 Å². The van der Waals surface area contributed by atoms with Crippen LogP contribution in [0.15, 0.2) is 24.3 Å². The zero-order chi connectivity index (χ0) is 14.5. The van der Waals surface area contributed by atoms with E-state index in [1.807, 2.05) is 12.1 Å². The number of benzene rings is 1. The van der Waals surface area contributed by atoms with Gasteiger partial charge in [-0.1, -0.05) is 23.7 Å². The largest absolute Gasteiger partial charge is 0.337 e. The number of sulfone groups is 1. The number of hydrogen-bond acceptors (Lipinski definition) is 3. The number of amides is 2. The predicted molar refractivity (Wildman–Crippen MR) is 76.0 cm³/mol. The van der Waals surface area contributed by atoms with Crippen molar-refractivity contribution in [2.45, 2.75) is 6.54 Å². The minimum absolute atomic E-state index is 0.0657. The Morgan fingerprint density at radius 1 is 1.42 bits per heavy atom. The molecule has 5 nitrogen and oxygen atoms in total. The van der Waals surface area contributed by atoms with Crippen molar-refractivity contribution in [1.29, 1.82) is 0 Å². The van der Waals surface area contributed by atoms with E-state index >= 15 is 0 Å². The Morgan fingerprint density at radius 3 is 2.68 bits per heavy atom. The first-order valence-electron chi connectivity index (χ1n) is 5.69. The molecule has 0 heterocycles. The molecule has 1 N–H and O–H groups in total. The van der Waals surface area contributed by atoms with Crippen LogP contribution < -0.4 is 5.32 Å². The van der Waals surface area contributed by atoms with Crippen LogP contribution in [0.25, 0.3) is 0 Å². The molecule has 0 saturated carbocycles. The fraction of sp³-hybridized carbons (Fsp3) is 0.417. The van der Waals surface area contributed by atoms with E-state index in [9.17, 15) is 13.2 Å². The van der Waals surface area contributed by atoms with Crippen molar-refractivity contribution in [2.75, 3.05) is 25.6 Å². The van der Waals surface area contributed by atoms with Gasteiger partial charge in [0.1, 0.15) is 9.84 Å². The molecule has 7 heteroatoms. The number of carbonyl (C=O) groups excluding carboxylic acids is 1. The molecule has 0 atom stereocenters. The highest BCUT2D eigenvalue weighted by molar-refractivity contribution is 7.90. The van der Waals surface area contributed by atoms with Crippen molar-refractivity contribution in [2.24, 2.45) is 0 Å². The summed E-state index contributed by atoms with van der Waals surface area (Å²) in [6, 6.07) is 6.90. The van der Waals surface area contributed by atoms with Crippen LogP contribution in [0.3, 0.4) is 0 Å². The monoisotopic (exact) mass is 304 g/mol. The van der Waals surface area contributed by atoms with E-state index < -0.39 is 9.84 Å². The molecular formula is C12H17ClN2O3S. The van der Waals surface area contributed by atoms with Crippen LogP contribution in [-0.2, 0) is 16.4 Å². The van der Waals surface area contributed by atoms with Gasteiger partial charge >= 0.3 is 6.03 Å². The first kappa shape index (κ1) is 15.8. The smallest absolute Gasteiger partial charge is 0.317 e. The van der Waals surface area contributed by atoms with E-state index in [2.05, 4.69) is 5.32 Å². The number of rotatable bonds is 5. The SMILES string of the molecule is CN(Cc1cccc(Cl)c1)C(=O)NCCS(C)(=O)=O. The molecular weight excluding hydrogens is 288 g/mol. The second kappa shape index (κ2) is 6.77. The quantitative estimate of drug-likeness (QED) is 0.897. The summed E-state index contributed by atoms with van der Waals surface area (Å²) in [7, 11) is -1.43. The van der Waals surface area contributed by atoms with Crippen LogP contribution in [0.5, 0.6) is 0 Å². The molecule has 0 fully saturated rings. The minimum Gasteiger partial charge on any atom is -0.337 e. The van der Waals surface area contributed by atoms with Gasteiger partial charge in [0.25, 0.3) is 0 Å². The van der Waals surface area contributed by atoms with Crippen molar-refractivity contribution in [3.63, 3.8) is 0 Å². The van der Waals surface area contributed by atoms with Gasteiger partial charge in [-0.3, -0.25) is 0 Å². The summed E-state index contributed by atoms with van der Waals surface area (Å²) in [5.74, 6) is -0.0657. The van der Waals surface area contributed by atoms with E-state index in [0.29, 0.717) is 11.6 Å². The lowest BCUT2D eigenvalue weighted by Crippen LogP contribution is -2.38. The zero-order valence-corrected chi connectivity index (χ0v) is 12.5. The van der Waals surface area contributed by atoms with E-state index in [-0.39, 0.29) is 18.3 Å².